The lowest BCUT2D eigenvalue weighted by molar-refractivity contribution is 0.102. The zero-order valence-electron chi connectivity index (χ0n) is 14.2. The molecular formula is C17H17N3O5. The molecule has 3 aromatic rings. The third-order valence-corrected chi connectivity index (χ3v) is 3.64. The van der Waals surface area contributed by atoms with Crippen molar-refractivity contribution in [1.82, 2.24) is 10.1 Å². The number of aromatic nitrogens is 2. The van der Waals surface area contributed by atoms with Crippen molar-refractivity contribution in [2.75, 3.05) is 26.6 Å². The molecule has 130 valence electrons. The molecule has 0 aliphatic carbocycles. The zero-order valence-corrected chi connectivity index (χ0v) is 14.2. The summed E-state index contributed by atoms with van der Waals surface area (Å²) < 4.78 is 20.9. The molecule has 8 nitrogen and oxygen atoms in total. The summed E-state index contributed by atoms with van der Waals surface area (Å²) in [5, 5.41) is 7.19. The molecule has 0 saturated carbocycles. The van der Waals surface area contributed by atoms with Gasteiger partial charge in [-0.2, -0.15) is 0 Å². The molecule has 3 rings (SSSR count). The highest BCUT2D eigenvalue weighted by molar-refractivity contribution is 6.07. The zero-order chi connectivity index (χ0) is 18.0. The van der Waals surface area contributed by atoms with Gasteiger partial charge < -0.3 is 24.1 Å². The number of hydrogen-bond acceptors (Lipinski definition) is 7. The van der Waals surface area contributed by atoms with Gasteiger partial charge in [-0.1, -0.05) is 5.16 Å². The number of pyridine rings is 1. The first-order valence-electron chi connectivity index (χ1n) is 7.41. The minimum absolute atomic E-state index is 0.293. The predicted molar refractivity (Wildman–Crippen MR) is 90.6 cm³/mol. The number of rotatable bonds is 5. The molecule has 0 unspecified atom stereocenters. The van der Waals surface area contributed by atoms with E-state index in [4.69, 9.17) is 18.7 Å². The molecule has 0 fully saturated rings. The molecule has 0 aliphatic heterocycles. The Hall–Kier alpha value is -3.29. The Kier molecular flexibility index (Phi) is 4.42. The second-order valence-corrected chi connectivity index (χ2v) is 5.20. The third-order valence-electron chi connectivity index (χ3n) is 3.64. The quantitative estimate of drug-likeness (QED) is 0.761. The number of aryl methyl sites for hydroxylation is 1. The molecule has 0 atom stereocenters. The van der Waals surface area contributed by atoms with E-state index in [2.05, 4.69) is 15.5 Å². The van der Waals surface area contributed by atoms with Gasteiger partial charge in [-0.25, -0.2) is 4.98 Å². The summed E-state index contributed by atoms with van der Waals surface area (Å²) in [6.07, 6.45) is 0. The first kappa shape index (κ1) is 16.6. The topological polar surface area (TPSA) is 95.7 Å². The van der Waals surface area contributed by atoms with Gasteiger partial charge in [-0.05, 0) is 31.2 Å². The summed E-state index contributed by atoms with van der Waals surface area (Å²) in [4.78, 5) is 16.8. The van der Waals surface area contributed by atoms with Gasteiger partial charge in [0.15, 0.2) is 17.3 Å². The highest BCUT2D eigenvalue weighted by Gasteiger charge is 2.19. The Balaban J connectivity index is 1.95. The normalized spacial score (nSPS) is 10.6. The van der Waals surface area contributed by atoms with E-state index in [1.807, 2.05) is 13.0 Å². The van der Waals surface area contributed by atoms with Crippen LogP contribution in [0.15, 0.2) is 28.8 Å². The lowest BCUT2D eigenvalue weighted by Gasteiger charge is -2.13. The lowest BCUT2D eigenvalue weighted by Crippen LogP contribution is -2.13. The average molecular weight is 343 g/mol. The van der Waals surface area contributed by atoms with Crippen molar-refractivity contribution in [2.24, 2.45) is 0 Å². The van der Waals surface area contributed by atoms with Crippen molar-refractivity contribution >= 4 is 22.8 Å². The average Bonchev–Trinajstić information content (AvgIpc) is 3.01. The first-order valence-corrected chi connectivity index (χ1v) is 7.41. The maximum absolute atomic E-state index is 12.6. The Bertz CT molecular complexity index is 910. The monoisotopic (exact) mass is 343 g/mol. The van der Waals surface area contributed by atoms with Gasteiger partial charge in [-0.15, -0.1) is 0 Å². The summed E-state index contributed by atoms with van der Waals surface area (Å²) >= 11 is 0. The molecule has 1 aromatic carbocycles. The fourth-order valence-corrected chi connectivity index (χ4v) is 2.40. The van der Waals surface area contributed by atoms with E-state index in [-0.39, 0.29) is 0 Å². The maximum atomic E-state index is 12.6. The van der Waals surface area contributed by atoms with Crippen LogP contribution in [0.3, 0.4) is 0 Å². The highest BCUT2D eigenvalue weighted by Crippen LogP contribution is 2.38. The molecule has 0 radical (unpaired) electrons. The van der Waals surface area contributed by atoms with Gasteiger partial charge in [0, 0.05) is 11.3 Å². The standard InChI is InChI=1S/C17H17N3O5/c1-9-5-6-11-15(20-25-17(11)18-9)19-16(21)10-7-12(22-2)14(24-4)13(8-10)23-3/h5-8H,1-4H3,(H,19,20,21). The van der Waals surface area contributed by atoms with Crippen molar-refractivity contribution in [2.45, 2.75) is 6.92 Å². The van der Waals surface area contributed by atoms with Crippen molar-refractivity contribution in [3.05, 3.63) is 35.5 Å². The van der Waals surface area contributed by atoms with Crippen LogP contribution in [0.4, 0.5) is 5.82 Å². The van der Waals surface area contributed by atoms with Crippen molar-refractivity contribution < 1.29 is 23.5 Å². The predicted octanol–water partition coefficient (Wildman–Crippen LogP) is 2.81. The number of nitrogens with zero attached hydrogens (tertiary/aromatic N) is 2. The van der Waals surface area contributed by atoms with Gasteiger partial charge in [0.25, 0.3) is 11.6 Å². The molecule has 0 aliphatic rings. The first-order chi connectivity index (χ1) is 12.1. The number of amides is 1. The van der Waals surface area contributed by atoms with Crippen LogP contribution in [0.25, 0.3) is 11.1 Å². The van der Waals surface area contributed by atoms with Gasteiger partial charge in [-0.3, -0.25) is 4.79 Å². The minimum Gasteiger partial charge on any atom is -0.493 e. The van der Waals surface area contributed by atoms with Gasteiger partial charge in [0.1, 0.15) is 0 Å². The fraction of sp³-hybridized carbons (Fsp3) is 0.235. The Morgan fingerprint density at radius 3 is 2.36 bits per heavy atom. The van der Waals surface area contributed by atoms with E-state index in [9.17, 15) is 4.79 Å². The van der Waals surface area contributed by atoms with Crippen LogP contribution in [-0.4, -0.2) is 37.4 Å². The van der Waals surface area contributed by atoms with E-state index >= 15 is 0 Å². The second-order valence-electron chi connectivity index (χ2n) is 5.20. The molecule has 2 aromatic heterocycles. The van der Waals surface area contributed by atoms with E-state index in [1.165, 1.54) is 21.3 Å². The summed E-state index contributed by atoms with van der Waals surface area (Å²) in [5.41, 5.74) is 1.48. The number of methoxy groups -OCH3 is 3. The molecule has 1 amide bonds. The number of carbonyl (C=O) groups excluding carboxylic acids is 1. The fourth-order valence-electron chi connectivity index (χ4n) is 2.40. The van der Waals surface area contributed by atoms with Crippen LogP contribution >= 0.6 is 0 Å². The van der Waals surface area contributed by atoms with Crippen LogP contribution in [0, 0.1) is 6.92 Å². The number of ether oxygens (including phenoxy) is 3. The van der Waals surface area contributed by atoms with Crippen LogP contribution < -0.4 is 19.5 Å². The second kappa shape index (κ2) is 6.68. The minimum atomic E-state index is -0.393. The summed E-state index contributed by atoms with van der Waals surface area (Å²) in [7, 11) is 4.47. The maximum Gasteiger partial charge on any atom is 0.260 e. The van der Waals surface area contributed by atoms with E-state index < -0.39 is 5.91 Å². The Morgan fingerprint density at radius 2 is 1.76 bits per heavy atom. The Morgan fingerprint density at radius 1 is 1.08 bits per heavy atom. The summed E-state index contributed by atoms with van der Waals surface area (Å²) in [5.74, 6) is 1.08. The van der Waals surface area contributed by atoms with Crippen molar-refractivity contribution in [3.63, 3.8) is 0 Å². The van der Waals surface area contributed by atoms with Crippen LogP contribution in [0.2, 0.25) is 0 Å². The van der Waals surface area contributed by atoms with Gasteiger partial charge >= 0.3 is 0 Å². The summed E-state index contributed by atoms with van der Waals surface area (Å²) in [6, 6.07) is 6.72. The number of carbonyl (C=O) groups is 1. The molecule has 2 heterocycles. The van der Waals surface area contributed by atoms with Gasteiger partial charge in [0.2, 0.25) is 5.75 Å². The number of fused-ring (bicyclic) bond motifs is 1. The number of anilines is 1. The smallest absolute Gasteiger partial charge is 0.260 e. The number of nitrogens with one attached hydrogen (secondary N) is 1. The largest absolute Gasteiger partial charge is 0.493 e. The molecule has 1 N–H and O–H groups in total. The molecule has 8 heteroatoms. The van der Waals surface area contributed by atoms with E-state index in [0.717, 1.165) is 5.69 Å². The molecule has 25 heavy (non-hydrogen) atoms. The lowest BCUT2D eigenvalue weighted by atomic mass is 10.1. The summed E-state index contributed by atoms with van der Waals surface area (Å²) in [6.45, 7) is 1.84. The molecule has 0 bridgehead atoms. The third kappa shape index (κ3) is 3.06. The Labute approximate surface area is 143 Å². The number of hydrogen-bond donors (Lipinski definition) is 1. The van der Waals surface area contributed by atoms with Gasteiger partial charge in [0.05, 0.1) is 26.7 Å². The van der Waals surface area contributed by atoms with Crippen molar-refractivity contribution in [1.29, 1.82) is 0 Å². The van der Waals surface area contributed by atoms with E-state index in [1.54, 1.807) is 18.2 Å². The highest BCUT2D eigenvalue weighted by atomic mass is 16.5. The molecule has 0 saturated heterocycles. The number of benzene rings is 1. The van der Waals surface area contributed by atoms with Crippen LogP contribution in [0.5, 0.6) is 17.2 Å². The molecular weight excluding hydrogens is 326 g/mol. The van der Waals surface area contributed by atoms with Crippen LogP contribution in [-0.2, 0) is 0 Å². The molecule has 0 spiro atoms. The van der Waals surface area contributed by atoms with Crippen LogP contribution in [0.1, 0.15) is 16.1 Å². The van der Waals surface area contributed by atoms with Crippen molar-refractivity contribution in [3.8, 4) is 17.2 Å². The van der Waals surface area contributed by atoms with E-state index in [0.29, 0.717) is 39.7 Å². The SMILES string of the molecule is COc1cc(C(=O)Nc2noc3nc(C)ccc23)cc(OC)c1OC.